The molecule has 9 heteroatoms. The first kappa shape index (κ1) is 17.6. The standard InChI is InChI=1S/C18H20N6O2S/c1-15-19-20-17-7-8-18(21-24(15)17)22-10-12-23(13-11-22)27(25,26)14-9-16-5-3-2-4-6-16/h2-9,14H,10-13H2,1H3. The maximum absolute atomic E-state index is 12.6. The number of rotatable bonds is 4. The zero-order chi connectivity index (χ0) is 18.9. The molecule has 3 heterocycles. The fourth-order valence-corrected chi connectivity index (χ4v) is 4.22. The molecular weight excluding hydrogens is 364 g/mol. The molecule has 2 aromatic heterocycles. The van der Waals surface area contributed by atoms with E-state index in [0.717, 1.165) is 17.2 Å². The van der Waals surface area contributed by atoms with Gasteiger partial charge >= 0.3 is 0 Å². The summed E-state index contributed by atoms with van der Waals surface area (Å²) < 4.78 is 28.3. The third kappa shape index (κ3) is 3.69. The van der Waals surface area contributed by atoms with Gasteiger partial charge in [0, 0.05) is 31.6 Å². The average Bonchev–Trinajstić information content (AvgIpc) is 3.08. The molecule has 0 atom stereocenters. The summed E-state index contributed by atoms with van der Waals surface area (Å²) in [5, 5.41) is 13.9. The molecule has 8 nitrogen and oxygen atoms in total. The molecule has 3 aromatic rings. The van der Waals surface area contributed by atoms with Crippen LogP contribution in [0.4, 0.5) is 5.82 Å². The highest BCUT2D eigenvalue weighted by Gasteiger charge is 2.26. The molecule has 0 N–H and O–H groups in total. The zero-order valence-electron chi connectivity index (χ0n) is 14.9. The molecule has 4 rings (SSSR count). The van der Waals surface area contributed by atoms with Gasteiger partial charge in [-0.1, -0.05) is 30.3 Å². The Hall–Kier alpha value is -2.78. The minimum Gasteiger partial charge on any atom is -0.353 e. The lowest BCUT2D eigenvalue weighted by Crippen LogP contribution is -2.48. The molecule has 1 aromatic carbocycles. The lowest BCUT2D eigenvalue weighted by Gasteiger charge is -2.33. The van der Waals surface area contributed by atoms with E-state index in [1.807, 2.05) is 49.4 Å². The first-order valence-corrected chi connectivity index (χ1v) is 10.2. The SMILES string of the molecule is Cc1nnc2ccc(N3CCN(S(=O)(=O)C=Cc4ccccc4)CC3)nn12. The number of aryl methyl sites for hydroxylation is 1. The third-order valence-corrected chi connectivity index (χ3v) is 6.12. The summed E-state index contributed by atoms with van der Waals surface area (Å²) in [6.07, 6.45) is 1.63. The minimum atomic E-state index is -3.44. The Balaban J connectivity index is 1.44. The second-order valence-corrected chi connectivity index (χ2v) is 8.17. The van der Waals surface area contributed by atoms with E-state index in [0.29, 0.717) is 31.8 Å². The molecule has 0 saturated carbocycles. The van der Waals surface area contributed by atoms with Crippen LogP contribution in [-0.2, 0) is 10.0 Å². The number of nitrogens with zero attached hydrogens (tertiary/aromatic N) is 6. The van der Waals surface area contributed by atoms with Crippen molar-refractivity contribution in [2.75, 3.05) is 31.1 Å². The number of benzene rings is 1. The van der Waals surface area contributed by atoms with Crippen molar-refractivity contribution in [1.82, 2.24) is 24.1 Å². The van der Waals surface area contributed by atoms with Crippen molar-refractivity contribution >= 4 is 27.6 Å². The van der Waals surface area contributed by atoms with Crippen LogP contribution in [-0.4, -0.2) is 58.7 Å². The Bertz CT molecular complexity index is 1070. The molecule has 1 saturated heterocycles. The Morgan fingerprint density at radius 1 is 0.963 bits per heavy atom. The Labute approximate surface area is 157 Å². The summed E-state index contributed by atoms with van der Waals surface area (Å²) in [4.78, 5) is 2.08. The second-order valence-electron chi connectivity index (χ2n) is 6.35. The van der Waals surface area contributed by atoms with E-state index in [4.69, 9.17) is 0 Å². The van der Waals surface area contributed by atoms with E-state index in [1.54, 1.807) is 10.6 Å². The van der Waals surface area contributed by atoms with Crippen LogP contribution in [0.5, 0.6) is 0 Å². The molecule has 0 aliphatic carbocycles. The summed E-state index contributed by atoms with van der Waals surface area (Å²) >= 11 is 0. The van der Waals surface area contributed by atoms with Gasteiger partial charge in [-0.25, -0.2) is 8.42 Å². The molecule has 0 bridgehead atoms. The van der Waals surface area contributed by atoms with Crippen molar-refractivity contribution in [3.05, 3.63) is 59.3 Å². The summed E-state index contributed by atoms with van der Waals surface area (Å²) in [6.45, 7) is 3.85. The summed E-state index contributed by atoms with van der Waals surface area (Å²) in [7, 11) is -3.44. The smallest absolute Gasteiger partial charge is 0.236 e. The van der Waals surface area contributed by atoms with Crippen LogP contribution in [0.15, 0.2) is 47.9 Å². The van der Waals surface area contributed by atoms with Gasteiger partial charge in [0.2, 0.25) is 10.0 Å². The Morgan fingerprint density at radius 2 is 1.70 bits per heavy atom. The van der Waals surface area contributed by atoms with Crippen LogP contribution in [0.25, 0.3) is 11.7 Å². The first-order chi connectivity index (χ1) is 13.0. The maximum Gasteiger partial charge on any atom is 0.236 e. The quantitative estimate of drug-likeness (QED) is 0.679. The third-order valence-electron chi connectivity index (χ3n) is 4.56. The molecule has 1 aliphatic rings. The van der Waals surface area contributed by atoms with Crippen LogP contribution < -0.4 is 4.90 Å². The highest BCUT2D eigenvalue weighted by molar-refractivity contribution is 7.92. The largest absolute Gasteiger partial charge is 0.353 e. The van der Waals surface area contributed by atoms with Gasteiger partial charge in [0.15, 0.2) is 11.5 Å². The predicted octanol–water partition coefficient (Wildman–Crippen LogP) is 1.56. The monoisotopic (exact) mass is 384 g/mol. The average molecular weight is 384 g/mol. The highest BCUT2D eigenvalue weighted by Crippen LogP contribution is 2.17. The lowest BCUT2D eigenvalue weighted by molar-refractivity contribution is 0.388. The molecule has 1 fully saturated rings. The highest BCUT2D eigenvalue weighted by atomic mass is 32.2. The van der Waals surface area contributed by atoms with Gasteiger partial charge in [-0.15, -0.1) is 15.3 Å². The van der Waals surface area contributed by atoms with E-state index >= 15 is 0 Å². The topological polar surface area (TPSA) is 83.7 Å². The molecule has 0 amide bonds. The first-order valence-electron chi connectivity index (χ1n) is 8.70. The van der Waals surface area contributed by atoms with Gasteiger partial charge in [-0.2, -0.15) is 8.82 Å². The normalized spacial score (nSPS) is 16.4. The fourth-order valence-electron chi connectivity index (χ4n) is 3.04. The van der Waals surface area contributed by atoms with Crippen LogP contribution in [0.2, 0.25) is 0 Å². The summed E-state index contributed by atoms with van der Waals surface area (Å²) in [5.41, 5.74) is 1.56. The number of aromatic nitrogens is 4. The molecule has 1 aliphatic heterocycles. The molecule has 0 radical (unpaired) electrons. The van der Waals surface area contributed by atoms with E-state index in [-0.39, 0.29) is 0 Å². The van der Waals surface area contributed by atoms with Crippen molar-refractivity contribution in [1.29, 1.82) is 0 Å². The number of fused-ring (bicyclic) bond motifs is 1. The molecule has 0 spiro atoms. The van der Waals surface area contributed by atoms with Crippen molar-refractivity contribution in [3.8, 4) is 0 Å². The minimum absolute atomic E-state index is 0.419. The van der Waals surface area contributed by atoms with Crippen molar-refractivity contribution in [3.63, 3.8) is 0 Å². The zero-order valence-corrected chi connectivity index (χ0v) is 15.7. The van der Waals surface area contributed by atoms with E-state index < -0.39 is 10.0 Å². The number of hydrogen-bond acceptors (Lipinski definition) is 6. The molecule has 27 heavy (non-hydrogen) atoms. The van der Waals surface area contributed by atoms with Gasteiger partial charge in [0.05, 0.1) is 0 Å². The van der Waals surface area contributed by atoms with Crippen molar-refractivity contribution < 1.29 is 8.42 Å². The van der Waals surface area contributed by atoms with Gasteiger partial charge in [-0.3, -0.25) is 0 Å². The van der Waals surface area contributed by atoms with E-state index in [9.17, 15) is 8.42 Å². The Kier molecular flexibility index (Phi) is 4.63. The fraction of sp³-hybridized carbons (Fsp3) is 0.278. The van der Waals surface area contributed by atoms with E-state index in [2.05, 4.69) is 20.2 Å². The molecular formula is C18H20N6O2S. The predicted molar refractivity (Wildman–Crippen MR) is 104 cm³/mol. The van der Waals surface area contributed by atoms with Crippen molar-refractivity contribution in [2.45, 2.75) is 6.92 Å². The number of hydrogen-bond donors (Lipinski definition) is 0. The van der Waals surface area contributed by atoms with Gasteiger partial charge in [0.25, 0.3) is 0 Å². The Morgan fingerprint density at radius 3 is 2.44 bits per heavy atom. The van der Waals surface area contributed by atoms with Crippen LogP contribution >= 0.6 is 0 Å². The van der Waals surface area contributed by atoms with Crippen LogP contribution in [0.1, 0.15) is 11.4 Å². The second kappa shape index (κ2) is 7.09. The number of sulfonamides is 1. The number of anilines is 1. The van der Waals surface area contributed by atoms with Gasteiger partial charge < -0.3 is 4.90 Å². The van der Waals surface area contributed by atoms with Crippen LogP contribution in [0.3, 0.4) is 0 Å². The molecule has 0 unspecified atom stereocenters. The lowest BCUT2D eigenvalue weighted by atomic mass is 10.2. The summed E-state index contributed by atoms with van der Waals surface area (Å²) in [5.74, 6) is 1.52. The summed E-state index contributed by atoms with van der Waals surface area (Å²) in [6, 6.07) is 13.2. The van der Waals surface area contributed by atoms with E-state index in [1.165, 1.54) is 9.71 Å². The van der Waals surface area contributed by atoms with Gasteiger partial charge in [-0.05, 0) is 30.7 Å². The van der Waals surface area contributed by atoms with Gasteiger partial charge in [0.1, 0.15) is 5.82 Å². The van der Waals surface area contributed by atoms with Crippen molar-refractivity contribution in [2.24, 2.45) is 0 Å². The maximum atomic E-state index is 12.6. The molecule has 140 valence electrons. The number of piperazine rings is 1. The van der Waals surface area contributed by atoms with Crippen LogP contribution in [0, 0.1) is 6.92 Å².